The van der Waals surface area contributed by atoms with E-state index in [2.05, 4.69) is 15.3 Å². The van der Waals surface area contributed by atoms with E-state index in [9.17, 15) is 13.6 Å². The van der Waals surface area contributed by atoms with E-state index in [4.69, 9.17) is 0 Å². The summed E-state index contributed by atoms with van der Waals surface area (Å²) in [6, 6.07) is 4.91. The molecule has 0 bridgehead atoms. The van der Waals surface area contributed by atoms with Crippen LogP contribution in [-0.4, -0.2) is 29.0 Å². The summed E-state index contributed by atoms with van der Waals surface area (Å²) >= 11 is 0. The van der Waals surface area contributed by atoms with Gasteiger partial charge in [0.15, 0.2) is 0 Å². The van der Waals surface area contributed by atoms with Crippen molar-refractivity contribution in [3.63, 3.8) is 0 Å². The van der Waals surface area contributed by atoms with Crippen molar-refractivity contribution in [2.45, 2.75) is 19.8 Å². The lowest BCUT2D eigenvalue weighted by molar-refractivity contribution is -0.120. The number of carbonyl (C=O) groups excluding carboxylic acids is 1. The van der Waals surface area contributed by atoms with Gasteiger partial charge < -0.3 is 10.2 Å². The second-order valence-corrected chi connectivity index (χ2v) is 5.90. The van der Waals surface area contributed by atoms with Crippen LogP contribution in [0, 0.1) is 24.5 Å². The van der Waals surface area contributed by atoms with Crippen LogP contribution in [0.25, 0.3) is 0 Å². The number of nitrogens with one attached hydrogen (secondary N) is 1. The highest BCUT2D eigenvalue weighted by Crippen LogP contribution is 2.23. The third-order valence-corrected chi connectivity index (χ3v) is 4.05. The second-order valence-electron chi connectivity index (χ2n) is 5.90. The number of nitrogens with zero attached hydrogens (tertiary/aromatic N) is 3. The van der Waals surface area contributed by atoms with Gasteiger partial charge in [-0.25, -0.2) is 18.7 Å². The van der Waals surface area contributed by atoms with Crippen molar-refractivity contribution >= 4 is 17.5 Å². The van der Waals surface area contributed by atoms with Crippen LogP contribution in [0.2, 0.25) is 0 Å². The zero-order valence-electron chi connectivity index (χ0n) is 13.3. The Kier molecular flexibility index (Phi) is 4.69. The molecule has 1 saturated heterocycles. The van der Waals surface area contributed by atoms with E-state index in [0.717, 1.165) is 30.8 Å². The van der Waals surface area contributed by atoms with E-state index in [1.807, 2.05) is 17.9 Å². The van der Waals surface area contributed by atoms with Crippen molar-refractivity contribution in [1.29, 1.82) is 0 Å². The van der Waals surface area contributed by atoms with Crippen LogP contribution in [0.4, 0.5) is 20.4 Å². The Balaban J connectivity index is 1.69. The van der Waals surface area contributed by atoms with Gasteiger partial charge in [0.2, 0.25) is 11.9 Å². The molecule has 1 aromatic carbocycles. The Morgan fingerprint density at radius 2 is 2.17 bits per heavy atom. The summed E-state index contributed by atoms with van der Waals surface area (Å²) in [5.74, 6) is -1.44. The van der Waals surface area contributed by atoms with Gasteiger partial charge in [-0.3, -0.25) is 4.79 Å². The van der Waals surface area contributed by atoms with Gasteiger partial charge in [0, 0.05) is 31.0 Å². The molecule has 0 saturated carbocycles. The molecule has 0 unspecified atom stereocenters. The maximum absolute atomic E-state index is 13.7. The van der Waals surface area contributed by atoms with Crippen LogP contribution >= 0.6 is 0 Å². The number of benzene rings is 1. The lowest BCUT2D eigenvalue weighted by Gasteiger charge is -2.32. The summed E-state index contributed by atoms with van der Waals surface area (Å²) in [6.45, 7) is 3.13. The molecule has 7 heteroatoms. The Labute approximate surface area is 138 Å². The molecule has 24 heavy (non-hydrogen) atoms. The fraction of sp³-hybridized carbons (Fsp3) is 0.353. The normalized spacial score (nSPS) is 17.6. The predicted molar refractivity (Wildman–Crippen MR) is 86.7 cm³/mol. The monoisotopic (exact) mass is 332 g/mol. The van der Waals surface area contributed by atoms with E-state index >= 15 is 0 Å². The van der Waals surface area contributed by atoms with Crippen LogP contribution in [0.5, 0.6) is 0 Å². The largest absolute Gasteiger partial charge is 0.340 e. The summed E-state index contributed by atoms with van der Waals surface area (Å²) in [4.78, 5) is 23.0. The molecule has 1 amide bonds. The number of rotatable bonds is 3. The molecule has 1 atom stereocenters. The molecule has 2 heterocycles. The summed E-state index contributed by atoms with van der Waals surface area (Å²) in [6.07, 6.45) is 3.22. The number of amides is 1. The Morgan fingerprint density at radius 1 is 1.33 bits per heavy atom. The molecule has 3 rings (SSSR count). The molecule has 2 aromatic rings. The highest BCUT2D eigenvalue weighted by atomic mass is 19.1. The van der Waals surface area contributed by atoms with Gasteiger partial charge >= 0.3 is 0 Å². The van der Waals surface area contributed by atoms with Gasteiger partial charge in [0.25, 0.3) is 0 Å². The van der Waals surface area contributed by atoms with Gasteiger partial charge in [-0.1, -0.05) is 0 Å². The van der Waals surface area contributed by atoms with E-state index in [-0.39, 0.29) is 17.5 Å². The molecule has 126 valence electrons. The SMILES string of the molecule is Cc1ccnc(N2CCC[C@@H](C(=O)Nc3ccc(F)cc3F)C2)n1. The number of aryl methyl sites for hydroxylation is 1. The number of piperidine rings is 1. The number of halogens is 2. The van der Waals surface area contributed by atoms with Crippen LogP contribution in [-0.2, 0) is 4.79 Å². The first-order chi connectivity index (χ1) is 11.5. The van der Waals surface area contributed by atoms with Crippen molar-refractivity contribution in [3.8, 4) is 0 Å². The highest BCUT2D eigenvalue weighted by molar-refractivity contribution is 5.93. The zero-order valence-corrected chi connectivity index (χ0v) is 13.3. The maximum Gasteiger partial charge on any atom is 0.229 e. The van der Waals surface area contributed by atoms with Crippen molar-refractivity contribution in [3.05, 3.63) is 47.8 Å². The molecule has 1 fully saturated rings. The third kappa shape index (κ3) is 3.67. The smallest absolute Gasteiger partial charge is 0.229 e. The van der Waals surface area contributed by atoms with E-state index < -0.39 is 11.6 Å². The number of hydrogen-bond donors (Lipinski definition) is 1. The van der Waals surface area contributed by atoms with Crippen molar-refractivity contribution in [2.24, 2.45) is 5.92 Å². The fourth-order valence-corrected chi connectivity index (χ4v) is 2.79. The minimum atomic E-state index is -0.780. The Morgan fingerprint density at radius 3 is 2.92 bits per heavy atom. The molecule has 5 nitrogen and oxygen atoms in total. The number of aromatic nitrogens is 2. The minimum Gasteiger partial charge on any atom is -0.340 e. The van der Waals surface area contributed by atoms with Gasteiger partial charge in [-0.15, -0.1) is 0 Å². The minimum absolute atomic E-state index is 0.00895. The van der Waals surface area contributed by atoms with Gasteiger partial charge in [0.05, 0.1) is 11.6 Å². The van der Waals surface area contributed by atoms with Crippen LogP contribution in [0.15, 0.2) is 30.5 Å². The molecular weight excluding hydrogens is 314 g/mol. The lowest BCUT2D eigenvalue weighted by atomic mass is 9.97. The average Bonchev–Trinajstić information content (AvgIpc) is 2.57. The molecule has 0 radical (unpaired) electrons. The first kappa shape index (κ1) is 16.3. The van der Waals surface area contributed by atoms with E-state index in [0.29, 0.717) is 18.9 Å². The first-order valence-corrected chi connectivity index (χ1v) is 7.83. The summed E-state index contributed by atoms with van der Waals surface area (Å²) in [7, 11) is 0. The Hall–Kier alpha value is -2.57. The average molecular weight is 332 g/mol. The van der Waals surface area contributed by atoms with E-state index in [1.54, 1.807) is 6.20 Å². The third-order valence-electron chi connectivity index (χ3n) is 4.05. The number of hydrogen-bond acceptors (Lipinski definition) is 4. The number of carbonyl (C=O) groups is 1. The van der Waals surface area contributed by atoms with E-state index in [1.165, 1.54) is 6.07 Å². The van der Waals surface area contributed by atoms with Gasteiger partial charge in [-0.2, -0.15) is 0 Å². The fourth-order valence-electron chi connectivity index (χ4n) is 2.79. The van der Waals surface area contributed by atoms with Crippen molar-refractivity contribution in [1.82, 2.24) is 9.97 Å². The first-order valence-electron chi connectivity index (χ1n) is 7.83. The molecule has 0 spiro atoms. The van der Waals surface area contributed by atoms with Crippen LogP contribution < -0.4 is 10.2 Å². The van der Waals surface area contributed by atoms with Gasteiger partial charge in [-0.05, 0) is 38.0 Å². The highest BCUT2D eigenvalue weighted by Gasteiger charge is 2.27. The predicted octanol–water partition coefficient (Wildman–Crippen LogP) is 2.92. The van der Waals surface area contributed by atoms with Gasteiger partial charge in [0.1, 0.15) is 11.6 Å². The van der Waals surface area contributed by atoms with Crippen molar-refractivity contribution < 1.29 is 13.6 Å². The lowest BCUT2D eigenvalue weighted by Crippen LogP contribution is -2.41. The molecule has 1 aliphatic heterocycles. The van der Waals surface area contributed by atoms with Crippen LogP contribution in [0.1, 0.15) is 18.5 Å². The molecule has 1 aliphatic rings. The van der Waals surface area contributed by atoms with Crippen LogP contribution in [0.3, 0.4) is 0 Å². The summed E-state index contributed by atoms with van der Waals surface area (Å²) in [5.41, 5.74) is 0.852. The molecule has 1 N–H and O–H groups in total. The second kappa shape index (κ2) is 6.90. The summed E-state index contributed by atoms with van der Waals surface area (Å²) in [5, 5.41) is 2.54. The maximum atomic E-state index is 13.7. The molecular formula is C17H18F2N4O. The molecule has 0 aliphatic carbocycles. The topological polar surface area (TPSA) is 58.1 Å². The number of anilines is 2. The van der Waals surface area contributed by atoms with Crippen molar-refractivity contribution in [2.75, 3.05) is 23.3 Å². The summed E-state index contributed by atoms with van der Waals surface area (Å²) < 4.78 is 26.6. The quantitative estimate of drug-likeness (QED) is 0.939. The Bertz CT molecular complexity index is 753. The standard InChI is InChI=1S/C17H18F2N4O/c1-11-6-7-20-17(21-11)23-8-2-3-12(10-23)16(24)22-15-5-4-13(18)9-14(15)19/h4-7,9,12H,2-3,8,10H2,1H3,(H,22,24)/t12-/m1/s1. The molecule has 1 aromatic heterocycles. The zero-order chi connectivity index (χ0) is 17.1.